The Kier molecular flexibility index (Phi) is 5.84. The minimum absolute atomic E-state index is 0.00976. The molecule has 0 aliphatic rings. The zero-order valence-electron chi connectivity index (χ0n) is 14.9. The standard InChI is InChI=1S/C18H25N3O3/c1-11(17-12(2)20-21-13(17)3)18(22)19-9-8-14-10-15(23-4)6-7-16(14)24-5/h6-7,10-11H,8-9H2,1-5H3,(H,19,22)(H,20,21)/t11-/m1/s1. The van der Waals surface area contributed by atoms with Gasteiger partial charge in [0.15, 0.2) is 0 Å². The molecule has 0 aliphatic carbocycles. The fourth-order valence-corrected chi connectivity index (χ4v) is 2.88. The first-order chi connectivity index (χ1) is 11.5. The van der Waals surface area contributed by atoms with Crippen LogP contribution >= 0.6 is 0 Å². The smallest absolute Gasteiger partial charge is 0.227 e. The minimum atomic E-state index is -0.240. The Labute approximate surface area is 142 Å². The molecular formula is C18H25N3O3. The zero-order chi connectivity index (χ0) is 17.7. The van der Waals surface area contributed by atoms with Crippen LogP contribution in [0.15, 0.2) is 18.2 Å². The van der Waals surface area contributed by atoms with Crippen molar-refractivity contribution in [1.82, 2.24) is 15.5 Å². The predicted molar refractivity (Wildman–Crippen MR) is 92.7 cm³/mol. The van der Waals surface area contributed by atoms with E-state index in [1.165, 1.54) is 0 Å². The fourth-order valence-electron chi connectivity index (χ4n) is 2.88. The molecule has 0 radical (unpaired) electrons. The zero-order valence-corrected chi connectivity index (χ0v) is 14.9. The molecule has 0 spiro atoms. The second-order valence-electron chi connectivity index (χ2n) is 5.79. The monoisotopic (exact) mass is 331 g/mol. The largest absolute Gasteiger partial charge is 0.497 e. The van der Waals surface area contributed by atoms with Crippen LogP contribution in [0.5, 0.6) is 11.5 Å². The molecule has 1 aromatic heterocycles. The van der Waals surface area contributed by atoms with Crippen molar-refractivity contribution in [3.8, 4) is 11.5 Å². The van der Waals surface area contributed by atoms with Gasteiger partial charge in [-0.3, -0.25) is 9.89 Å². The van der Waals surface area contributed by atoms with E-state index in [4.69, 9.17) is 9.47 Å². The molecule has 0 fully saturated rings. The van der Waals surface area contributed by atoms with Crippen LogP contribution in [0.4, 0.5) is 0 Å². The van der Waals surface area contributed by atoms with E-state index in [9.17, 15) is 4.79 Å². The van der Waals surface area contributed by atoms with Gasteiger partial charge >= 0.3 is 0 Å². The summed E-state index contributed by atoms with van der Waals surface area (Å²) in [7, 11) is 3.26. The van der Waals surface area contributed by atoms with Gasteiger partial charge in [-0.2, -0.15) is 5.10 Å². The third-order valence-corrected chi connectivity index (χ3v) is 4.19. The lowest BCUT2D eigenvalue weighted by Gasteiger charge is -2.14. The highest BCUT2D eigenvalue weighted by molar-refractivity contribution is 5.83. The summed E-state index contributed by atoms with van der Waals surface area (Å²) in [6.45, 7) is 6.26. The molecule has 0 saturated carbocycles. The number of carbonyl (C=O) groups is 1. The highest BCUT2D eigenvalue weighted by Crippen LogP contribution is 2.24. The number of aromatic nitrogens is 2. The van der Waals surface area contributed by atoms with Crippen LogP contribution in [-0.2, 0) is 11.2 Å². The Balaban J connectivity index is 1.98. The molecule has 2 rings (SSSR count). The summed E-state index contributed by atoms with van der Waals surface area (Å²) in [4.78, 5) is 12.4. The van der Waals surface area contributed by atoms with E-state index in [1.54, 1.807) is 14.2 Å². The predicted octanol–water partition coefficient (Wildman–Crippen LogP) is 2.51. The van der Waals surface area contributed by atoms with E-state index >= 15 is 0 Å². The summed E-state index contributed by atoms with van der Waals surface area (Å²) in [6.07, 6.45) is 0.669. The number of nitrogens with one attached hydrogen (secondary N) is 2. The minimum Gasteiger partial charge on any atom is -0.497 e. The molecule has 0 saturated heterocycles. The third-order valence-electron chi connectivity index (χ3n) is 4.19. The van der Waals surface area contributed by atoms with Gasteiger partial charge in [-0.05, 0) is 51.0 Å². The van der Waals surface area contributed by atoms with Crippen molar-refractivity contribution in [2.75, 3.05) is 20.8 Å². The van der Waals surface area contributed by atoms with Crippen molar-refractivity contribution in [3.05, 3.63) is 40.7 Å². The Morgan fingerprint density at radius 3 is 2.62 bits per heavy atom. The number of aryl methyl sites for hydroxylation is 2. The number of rotatable bonds is 7. The van der Waals surface area contributed by atoms with Gasteiger partial charge < -0.3 is 14.8 Å². The Bertz CT molecular complexity index is 690. The number of hydrogen-bond acceptors (Lipinski definition) is 4. The second kappa shape index (κ2) is 7.86. The Morgan fingerprint density at radius 2 is 2.04 bits per heavy atom. The molecule has 24 heavy (non-hydrogen) atoms. The number of methoxy groups -OCH3 is 2. The highest BCUT2D eigenvalue weighted by Gasteiger charge is 2.21. The molecule has 0 unspecified atom stereocenters. The highest BCUT2D eigenvalue weighted by atomic mass is 16.5. The maximum Gasteiger partial charge on any atom is 0.227 e. The summed E-state index contributed by atoms with van der Waals surface area (Å²) < 4.78 is 10.6. The quantitative estimate of drug-likeness (QED) is 0.817. The van der Waals surface area contributed by atoms with Crippen LogP contribution in [0, 0.1) is 13.8 Å². The number of aromatic amines is 1. The summed E-state index contributed by atoms with van der Waals surface area (Å²) in [5.74, 6) is 1.31. The van der Waals surface area contributed by atoms with Crippen LogP contribution in [0.1, 0.15) is 35.4 Å². The number of hydrogen-bond donors (Lipinski definition) is 2. The van der Waals surface area contributed by atoms with Gasteiger partial charge in [-0.25, -0.2) is 0 Å². The van der Waals surface area contributed by atoms with Crippen LogP contribution in [0.3, 0.4) is 0 Å². The van der Waals surface area contributed by atoms with Crippen LogP contribution in [0.2, 0.25) is 0 Å². The van der Waals surface area contributed by atoms with Gasteiger partial charge in [-0.1, -0.05) is 0 Å². The number of amides is 1. The Hall–Kier alpha value is -2.50. The SMILES string of the molecule is COc1ccc(OC)c(CCNC(=O)[C@H](C)c2c(C)n[nH]c2C)c1. The molecule has 1 atom stereocenters. The summed E-state index contributed by atoms with van der Waals surface area (Å²) in [5.41, 5.74) is 3.76. The molecule has 2 aromatic rings. The molecule has 1 amide bonds. The van der Waals surface area contributed by atoms with E-state index < -0.39 is 0 Å². The van der Waals surface area contributed by atoms with E-state index in [-0.39, 0.29) is 11.8 Å². The average Bonchev–Trinajstić information content (AvgIpc) is 2.92. The number of nitrogens with zero attached hydrogens (tertiary/aromatic N) is 1. The van der Waals surface area contributed by atoms with Crippen LogP contribution in [-0.4, -0.2) is 36.9 Å². The molecule has 130 valence electrons. The first kappa shape index (κ1) is 17.8. The first-order valence-electron chi connectivity index (χ1n) is 7.98. The summed E-state index contributed by atoms with van der Waals surface area (Å²) >= 11 is 0. The van der Waals surface area contributed by atoms with Crippen LogP contribution in [0.25, 0.3) is 0 Å². The van der Waals surface area contributed by atoms with E-state index in [0.717, 1.165) is 34.0 Å². The molecular weight excluding hydrogens is 306 g/mol. The van der Waals surface area contributed by atoms with E-state index in [2.05, 4.69) is 15.5 Å². The van der Waals surface area contributed by atoms with Gasteiger partial charge in [0.05, 0.1) is 25.8 Å². The van der Waals surface area contributed by atoms with Crippen molar-refractivity contribution >= 4 is 5.91 Å². The number of carbonyl (C=O) groups excluding carboxylic acids is 1. The van der Waals surface area contributed by atoms with Crippen LogP contribution < -0.4 is 14.8 Å². The van der Waals surface area contributed by atoms with Gasteiger partial charge in [-0.15, -0.1) is 0 Å². The average molecular weight is 331 g/mol. The second-order valence-corrected chi connectivity index (χ2v) is 5.79. The number of H-pyrrole nitrogens is 1. The molecule has 6 heteroatoms. The fraction of sp³-hybridized carbons (Fsp3) is 0.444. The Morgan fingerprint density at radius 1 is 1.29 bits per heavy atom. The van der Waals surface area contributed by atoms with E-state index in [1.807, 2.05) is 39.0 Å². The van der Waals surface area contributed by atoms with Gasteiger partial charge in [0.1, 0.15) is 11.5 Å². The van der Waals surface area contributed by atoms with Crippen molar-refractivity contribution in [2.45, 2.75) is 33.1 Å². The van der Waals surface area contributed by atoms with Crippen molar-refractivity contribution in [2.24, 2.45) is 0 Å². The molecule has 0 aliphatic heterocycles. The van der Waals surface area contributed by atoms with Gasteiger partial charge in [0, 0.05) is 17.8 Å². The molecule has 6 nitrogen and oxygen atoms in total. The lowest BCUT2D eigenvalue weighted by atomic mass is 9.98. The molecule has 2 N–H and O–H groups in total. The molecule has 1 heterocycles. The summed E-state index contributed by atoms with van der Waals surface area (Å²) in [5, 5.41) is 10.1. The third kappa shape index (κ3) is 3.88. The summed E-state index contributed by atoms with van der Waals surface area (Å²) in [6, 6.07) is 5.66. The van der Waals surface area contributed by atoms with Crippen molar-refractivity contribution in [1.29, 1.82) is 0 Å². The van der Waals surface area contributed by atoms with Gasteiger partial charge in [0.2, 0.25) is 5.91 Å². The van der Waals surface area contributed by atoms with Crippen molar-refractivity contribution < 1.29 is 14.3 Å². The number of benzene rings is 1. The topological polar surface area (TPSA) is 76.2 Å². The molecule has 1 aromatic carbocycles. The molecule has 0 bridgehead atoms. The maximum atomic E-state index is 12.4. The van der Waals surface area contributed by atoms with Crippen molar-refractivity contribution in [3.63, 3.8) is 0 Å². The first-order valence-corrected chi connectivity index (χ1v) is 7.98. The lowest BCUT2D eigenvalue weighted by molar-refractivity contribution is -0.122. The normalized spacial score (nSPS) is 11.9. The van der Waals surface area contributed by atoms with Gasteiger partial charge in [0.25, 0.3) is 0 Å². The lowest BCUT2D eigenvalue weighted by Crippen LogP contribution is -2.30. The number of ether oxygens (including phenoxy) is 2. The van der Waals surface area contributed by atoms with E-state index in [0.29, 0.717) is 13.0 Å². The maximum absolute atomic E-state index is 12.4.